The summed E-state index contributed by atoms with van der Waals surface area (Å²) in [5, 5.41) is 1.47. The molecule has 1 aromatic carbocycles. The van der Waals surface area contributed by atoms with Crippen LogP contribution < -0.4 is 11.1 Å². The lowest BCUT2D eigenvalue weighted by atomic mass is 10.1. The Morgan fingerprint density at radius 1 is 0.964 bits per heavy atom. The predicted molar refractivity (Wildman–Crippen MR) is 87.7 cm³/mol. The van der Waals surface area contributed by atoms with Gasteiger partial charge in [-0.05, 0) is 19.4 Å². The summed E-state index contributed by atoms with van der Waals surface area (Å²) in [5.74, 6) is -15.4. The van der Waals surface area contributed by atoms with Crippen LogP contribution in [0.25, 0.3) is 0 Å². The average Bonchev–Trinajstić information content (AvgIpc) is 2.95. The maximum absolute atomic E-state index is 13.8. The molecule has 0 unspecified atom stereocenters. The number of primary amides is 1. The number of benzene rings is 1. The largest absolute Gasteiger partial charge is 0.462 e. The van der Waals surface area contributed by atoms with Crippen LogP contribution >= 0.6 is 11.3 Å². The topological polar surface area (TPSA) is 98.5 Å². The number of ether oxygens (including phenoxy) is 1. The Labute approximate surface area is 158 Å². The van der Waals surface area contributed by atoms with Crippen molar-refractivity contribution in [1.82, 2.24) is 0 Å². The number of nitrogens with two attached hydrogens (primary N) is 1. The van der Waals surface area contributed by atoms with Gasteiger partial charge >= 0.3 is 5.97 Å². The first-order valence-corrected chi connectivity index (χ1v) is 8.27. The summed E-state index contributed by atoms with van der Waals surface area (Å²) in [6.45, 7) is 2.70. The third-order valence-electron chi connectivity index (χ3n) is 3.51. The van der Waals surface area contributed by atoms with Crippen molar-refractivity contribution in [3.05, 3.63) is 50.7 Å². The van der Waals surface area contributed by atoms with Crippen LogP contribution in [-0.4, -0.2) is 24.4 Å². The molecule has 0 aliphatic carbocycles. The first-order valence-electron chi connectivity index (χ1n) is 7.45. The van der Waals surface area contributed by atoms with Gasteiger partial charge in [0, 0.05) is 0 Å². The summed E-state index contributed by atoms with van der Waals surface area (Å²) in [4.78, 5) is 35.6. The van der Waals surface area contributed by atoms with Crippen molar-refractivity contribution in [3.8, 4) is 0 Å². The molecule has 0 bridgehead atoms. The molecule has 0 atom stereocenters. The van der Waals surface area contributed by atoms with E-state index in [1.807, 2.05) is 5.32 Å². The number of nitrogens with one attached hydrogen (secondary N) is 1. The van der Waals surface area contributed by atoms with Crippen molar-refractivity contribution >= 4 is 34.1 Å². The maximum Gasteiger partial charge on any atom is 0.341 e. The molecule has 0 spiro atoms. The van der Waals surface area contributed by atoms with E-state index in [0.29, 0.717) is 11.3 Å². The number of hydrogen-bond donors (Lipinski definition) is 2. The summed E-state index contributed by atoms with van der Waals surface area (Å²) in [7, 11) is 0. The molecule has 3 N–H and O–H groups in total. The molecule has 150 valence electrons. The quantitative estimate of drug-likeness (QED) is 0.334. The monoisotopic (exact) mass is 422 g/mol. The van der Waals surface area contributed by atoms with E-state index in [4.69, 9.17) is 10.5 Å². The minimum atomic E-state index is -2.43. The van der Waals surface area contributed by atoms with Gasteiger partial charge < -0.3 is 15.8 Å². The van der Waals surface area contributed by atoms with Crippen LogP contribution in [0, 0.1) is 36.0 Å². The standard InChI is InChI=1S/C16H11F5N2O4S/c1-3-27-16(26)5-4(2)12(13(22)24)28-15(5)23-14(25)6-7(17)9(19)11(21)10(20)8(6)18/h3H2,1-2H3,(H2,22,24)(H,23,25). The highest BCUT2D eigenvalue weighted by Gasteiger charge is 2.32. The van der Waals surface area contributed by atoms with Crippen LogP contribution in [0.1, 0.15) is 42.9 Å². The van der Waals surface area contributed by atoms with Crippen molar-refractivity contribution in [2.75, 3.05) is 11.9 Å². The molecule has 2 aromatic rings. The van der Waals surface area contributed by atoms with Gasteiger partial charge in [0.1, 0.15) is 10.6 Å². The predicted octanol–water partition coefficient (Wildman–Crippen LogP) is 3.28. The molecule has 0 aliphatic heterocycles. The van der Waals surface area contributed by atoms with E-state index < -0.39 is 57.4 Å². The van der Waals surface area contributed by atoms with Gasteiger partial charge in [0.15, 0.2) is 23.3 Å². The number of esters is 1. The van der Waals surface area contributed by atoms with Crippen LogP contribution in [0.4, 0.5) is 27.0 Å². The Balaban J connectivity index is 2.58. The van der Waals surface area contributed by atoms with Gasteiger partial charge in [-0.1, -0.05) is 0 Å². The zero-order valence-corrected chi connectivity index (χ0v) is 15.0. The summed E-state index contributed by atoms with van der Waals surface area (Å²) in [5.41, 5.74) is 3.09. The van der Waals surface area contributed by atoms with E-state index >= 15 is 0 Å². The first kappa shape index (κ1) is 21.3. The van der Waals surface area contributed by atoms with Crippen molar-refractivity contribution in [2.24, 2.45) is 5.73 Å². The minimum Gasteiger partial charge on any atom is -0.462 e. The highest BCUT2D eigenvalue weighted by atomic mass is 32.1. The molecule has 1 aromatic heterocycles. The summed E-state index contributed by atoms with van der Waals surface area (Å²) in [6.07, 6.45) is 0. The van der Waals surface area contributed by atoms with Gasteiger partial charge in [-0.3, -0.25) is 9.59 Å². The van der Waals surface area contributed by atoms with Gasteiger partial charge in [0.2, 0.25) is 5.82 Å². The van der Waals surface area contributed by atoms with Gasteiger partial charge in [0.05, 0.1) is 17.0 Å². The maximum atomic E-state index is 13.8. The second-order valence-corrected chi connectivity index (χ2v) is 6.26. The van der Waals surface area contributed by atoms with E-state index in [1.165, 1.54) is 13.8 Å². The smallest absolute Gasteiger partial charge is 0.341 e. The Kier molecular flexibility index (Phi) is 6.02. The molecular formula is C16H11F5N2O4S. The molecule has 0 aliphatic rings. The second kappa shape index (κ2) is 7.92. The van der Waals surface area contributed by atoms with Crippen molar-refractivity contribution in [3.63, 3.8) is 0 Å². The Bertz CT molecular complexity index is 977. The fraction of sp³-hybridized carbons (Fsp3) is 0.188. The summed E-state index contributed by atoms with van der Waals surface area (Å²) < 4.78 is 72.1. The SMILES string of the molecule is CCOC(=O)c1c(NC(=O)c2c(F)c(F)c(F)c(F)c2F)sc(C(N)=O)c1C. The van der Waals surface area contributed by atoms with Crippen LogP contribution in [0.5, 0.6) is 0 Å². The number of anilines is 1. The van der Waals surface area contributed by atoms with Gasteiger partial charge in [0.25, 0.3) is 11.8 Å². The third kappa shape index (κ3) is 3.54. The van der Waals surface area contributed by atoms with Gasteiger partial charge in [-0.25, -0.2) is 26.7 Å². The first-order chi connectivity index (χ1) is 13.0. The molecule has 0 saturated heterocycles. The van der Waals surface area contributed by atoms with Crippen LogP contribution in [0.3, 0.4) is 0 Å². The molecule has 0 fully saturated rings. The number of rotatable bonds is 5. The van der Waals surface area contributed by atoms with E-state index in [2.05, 4.69) is 0 Å². The molecule has 12 heteroatoms. The number of carbonyl (C=O) groups excluding carboxylic acids is 3. The Morgan fingerprint density at radius 3 is 1.93 bits per heavy atom. The van der Waals surface area contributed by atoms with Crippen molar-refractivity contribution in [2.45, 2.75) is 13.8 Å². The second-order valence-electron chi connectivity index (χ2n) is 5.24. The number of carbonyl (C=O) groups is 3. The van der Waals surface area contributed by atoms with E-state index in [0.717, 1.165) is 0 Å². The molecule has 28 heavy (non-hydrogen) atoms. The Hall–Kier alpha value is -3.02. The fourth-order valence-corrected chi connectivity index (χ4v) is 3.30. The van der Waals surface area contributed by atoms with Crippen LogP contribution in [0.2, 0.25) is 0 Å². The number of thiophene rings is 1. The molecule has 2 rings (SSSR count). The number of amides is 2. The van der Waals surface area contributed by atoms with E-state index in [9.17, 15) is 36.3 Å². The summed E-state index contributed by atoms with van der Waals surface area (Å²) in [6, 6.07) is 0. The van der Waals surface area contributed by atoms with Crippen molar-refractivity contribution < 1.29 is 41.1 Å². The van der Waals surface area contributed by atoms with E-state index in [1.54, 1.807) is 0 Å². The third-order valence-corrected chi connectivity index (χ3v) is 4.74. The lowest BCUT2D eigenvalue weighted by molar-refractivity contribution is 0.0527. The van der Waals surface area contributed by atoms with Crippen LogP contribution in [-0.2, 0) is 4.74 Å². The van der Waals surface area contributed by atoms with Gasteiger partial charge in [-0.15, -0.1) is 11.3 Å². The zero-order valence-electron chi connectivity index (χ0n) is 14.2. The molecule has 0 radical (unpaired) electrons. The highest BCUT2D eigenvalue weighted by Crippen LogP contribution is 2.34. The molecule has 2 amide bonds. The fourth-order valence-electron chi connectivity index (χ4n) is 2.26. The number of halogens is 5. The Morgan fingerprint density at radius 2 is 1.46 bits per heavy atom. The van der Waals surface area contributed by atoms with Gasteiger partial charge in [-0.2, -0.15) is 0 Å². The average molecular weight is 422 g/mol. The summed E-state index contributed by atoms with van der Waals surface area (Å²) >= 11 is 0.481. The normalized spacial score (nSPS) is 10.7. The highest BCUT2D eigenvalue weighted by molar-refractivity contribution is 7.18. The zero-order chi connectivity index (χ0) is 21.3. The van der Waals surface area contributed by atoms with Crippen LogP contribution in [0.15, 0.2) is 0 Å². The molecular weight excluding hydrogens is 411 g/mol. The van der Waals surface area contributed by atoms with Crippen molar-refractivity contribution in [1.29, 1.82) is 0 Å². The molecule has 0 saturated carbocycles. The lowest BCUT2D eigenvalue weighted by Gasteiger charge is -2.10. The molecule has 6 nitrogen and oxygen atoms in total. The number of hydrogen-bond acceptors (Lipinski definition) is 5. The lowest BCUT2D eigenvalue weighted by Crippen LogP contribution is -2.20. The molecule has 1 heterocycles. The minimum absolute atomic E-state index is 0.0173. The van der Waals surface area contributed by atoms with E-state index in [-0.39, 0.29) is 22.6 Å².